The van der Waals surface area contributed by atoms with Gasteiger partial charge in [-0.3, -0.25) is 10.1 Å². The molecule has 0 unspecified atom stereocenters. The first-order chi connectivity index (χ1) is 9.08. The fourth-order valence-corrected chi connectivity index (χ4v) is 1.43. The van der Waals surface area contributed by atoms with Crippen LogP contribution in [-0.4, -0.2) is 28.0 Å². The molecule has 2 rings (SSSR count). The Morgan fingerprint density at radius 2 is 2.16 bits per heavy atom. The van der Waals surface area contributed by atoms with Gasteiger partial charge in [-0.25, -0.2) is 9.97 Å². The summed E-state index contributed by atoms with van der Waals surface area (Å²) in [6.07, 6.45) is 0. The average molecular weight is 283 g/mol. The van der Waals surface area contributed by atoms with E-state index < -0.39 is 11.9 Å². The molecule has 1 amide bonds. The van der Waals surface area contributed by atoms with Gasteiger partial charge in [0.15, 0.2) is 0 Å². The Kier molecular flexibility index (Phi) is 3.86. The van der Waals surface area contributed by atoms with E-state index in [1.54, 1.807) is 0 Å². The van der Waals surface area contributed by atoms with Crippen LogP contribution in [-0.2, 0) is 0 Å². The summed E-state index contributed by atoms with van der Waals surface area (Å²) in [6.45, 7) is 0. The molecule has 2 aromatic heterocycles. The number of nitrogens with zero attached hydrogens (tertiary/aromatic N) is 3. The van der Waals surface area contributed by atoms with Gasteiger partial charge in [0, 0.05) is 6.07 Å². The molecule has 6 nitrogen and oxygen atoms in total. The predicted molar refractivity (Wildman–Crippen MR) is 65.7 cm³/mol. The number of pyridine rings is 1. The first kappa shape index (κ1) is 13.2. The summed E-state index contributed by atoms with van der Waals surface area (Å²) >= 11 is 5.73. The van der Waals surface area contributed by atoms with Crippen molar-refractivity contribution in [2.75, 3.05) is 12.4 Å². The first-order valence-corrected chi connectivity index (χ1v) is 5.49. The van der Waals surface area contributed by atoms with Crippen molar-refractivity contribution in [1.82, 2.24) is 15.0 Å². The van der Waals surface area contributed by atoms with E-state index in [9.17, 15) is 9.18 Å². The first-order valence-electron chi connectivity index (χ1n) is 5.11. The summed E-state index contributed by atoms with van der Waals surface area (Å²) in [5, 5.41) is 2.45. The number of carbonyl (C=O) groups excluding carboxylic acids is 1. The van der Waals surface area contributed by atoms with Crippen molar-refractivity contribution in [3.63, 3.8) is 0 Å². The van der Waals surface area contributed by atoms with Crippen molar-refractivity contribution in [2.24, 2.45) is 0 Å². The number of rotatable bonds is 3. The van der Waals surface area contributed by atoms with E-state index in [-0.39, 0.29) is 22.7 Å². The molecule has 0 fully saturated rings. The summed E-state index contributed by atoms with van der Waals surface area (Å²) in [5.41, 5.74) is -0.0949. The van der Waals surface area contributed by atoms with Crippen molar-refractivity contribution >= 4 is 23.5 Å². The molecule has 8 heteroatoms. The molecule has 0 aliphatic heterocycles. The van der Waals surface area contributed by atoms with Gasteiger partial charge < -0.3 is 4.74 Å². The molecule has 0 spiro atoms. The second kappa shape index (κ2) is 5.57. The summed E-state index contributed by atoms with van der Waals surface area (Å²) < 4.78 is 17.8. The summed E-state index contributed by atoms with van der Waals surface area (Å²) in [4.78, 5) is 22.9. The standard InChI is InChI=1S/C11H8ClFN4O2/c1-19-9-5-7(12)15-11(16-9)17-10(18)6-3-2-4-8(13)14-6/h2-5H,1H3,(H,15,16,17,18). The summed E-state index contributed by atoms with van der Waals surface area (Å²) in [7, 11) is 1.40. The lowest BCUT2D eigenvalue weighted by molar-refractivity contribution is 0.102. The van der Waals surface area contributed by atoms with Crippen LogP contribution in [0.3, 0.4) is 0 Å². The number of nitrogens with one attached hydrogen (secondary N) is 1. The van der Waals surface area contributed by atoms with E-state index in [0.29, 0.717) is 0 Å². The molecule has 1 N–H and O–H groups in total. The summed E-state index contributed by atoms with van der Waals surface area (Å²) in [6, 6.07) is 5.25. The van der Waals surface area contributed by atoms with Gasteiger partial charge in [-0.2, -0.15) is 9.37 Å². The lowest BCUT2D eigenvalue weighted by Gasteiger charge is -2.05. The van der Waals surface area contributed by atoms with Crippen molar-refractivity contribution in [3.8, 4) is 5.88 Å². The van der Waals surface area contributed by atoms with Gasteiger partial charge in [0.25, 0.3) is 5.91 Å². The van der Waals surface area contributed by atoms with Crippen LogP contribution in [0.4, 0.5) is 10.3 Å². The highest BCUT2D eigenvalue weighted by Gasteiger charge is 2.11. The minimum absolute atomic E-state index is 0.0552. The van der Waals surface area contributed by atoms with Gasteiger partial charge in [0.2, 0.25) is 17.8 Å². The lowest BCUT2D eigenvalue weighted by atomic mass is 10.3. The predicted octanol–water partition coefficient (Wildman–Crippen LogP) is 1.92. The molecule has 2 heterocycles. The number of methoxy groups -OCH3 is 1. The van der Waals surface area contributed by atoms with Gasteiger partial charge in [0.1, 0.15) is 10.8 Å². The number of halogens is 2. The molecule has 0 aliphatic carbocycles. The SMILES string of the molecule is COc1cc(Cl)nc(NC(=O)c2cccc(F)n2)n1. The molecule has 0 saturated heterocycles. The highest BCUT2D eigenvalue weighted by molar-refractivity contribution is 6.29. The zero-order valence-electron chi connectivity index (χ0n) is 9.72. The van der Waals surface area contributed by atoms with E-state index in [0.717, 1.165) is 6.07 Å². The van der Waals surface area contributed by atoms with Crippen LogP contribution in [0.5, 0.6) is 5.88 Å². The molecule has 19 heavy (non-hydrogen) atoms. The number of carbonyl (C=O) groups is 1. The van der Waals surface area contributed by atoms with Crippen LogP contribution in [0.1, 0.15) is 10.5 Å². The molecule has 0 radical (unpaired) electrons. The van der Waals surface area contributed by atoms with E-state index in [1.807, 2.05) is 0 Å². The minimum atomic E-state index is -0.753. The fourth-order valence-electron chi connectivity index (χ4n) is 1.26. The normalized spacial score (nSPS) is 10.1. The minimum Gasteiger partial charge on any atom is -0.481 e. The van der Waals surface area contributed by atoms with E-state index in [2.05, 4.69) is 20.3 Å². The number of aromatic nitrogens is 3. The second-order valence-corrected chi connectivity index (χ2v) is 3.74. The number of ether oxygens (including phenoxy) is 1. The van der Waals surface area contributed by atoms with E-state index in [4.69, 9.17) is 16.3 Å². The highest BCUT2D eigenvalue weighted by atomic mass is 35.5. The molecule has 0 saturated carbocycles. The maximum atomic E-state index is 12.9. The van der Waals surface area contributed by atoms with Crippen LogP contribution in [0, 0.1) is 5.95 Å². The maximum absolute atomic E-state index is 12.9. The number of anilines is 1. The molecular formula is C11H8ClFN4O2. The molecule has 0 bridgehead atoms. The Morgan fingerprint density at radius 1 is 1.37 bits per heavy atom. The third-order valence-electron chi connectivity index (χ3n) is 2.05. The zero-order chi connectivity index (χ0) is 13.8. The zero-order valence-corrected chi connectivity index (χ0v) is 10.5. The lowest BCUT2D eigenvalue weighted by Crippen LogP contribution is -2.16. The molecule has 0 aromatic carbocycles. The Morgan fingerprint density at radius 3 is 2.84 bits per heavy atom. The smallest absolute Gasteiger partial charge is 0.276 e. The van der Waals surface area contributed by atoms with Crippen molar-refractivity contribution in [1.29, 1.82) is 0 Å². The molecule has 0 atom stereocenters. The molecule has 98 valence electrons. The van der Waals surface area contributed by atoms with Gasteiger partial charge in [-0.1, -0.05) is 17.7 Å². The molecule has 0 aliphatic rings. The van der Waals surface area contributed by atoms with Crippen LogP contribution in [0.25, 0.3) is 0 Å². The van der Waals surface area contributed by atoms with E-state index >= 15 is 0 Å². The Hall–Kier alpha value is -2.28. The fraction of sp³-hybridized carbons (Fsp3) is 0.0909. The van der Waals surface area contributed by atoms with Crippen molar-refractivity contribution in [3.05, 3.63) is 41.1 Å². The number of hydrogen-bond donors (Lipinski definition) is 1. The quantitative estimate of drug-likeness (QED) is 0.687. The topological polar surface area (TPSA) is 77.0 Å². The van der Waals surface area contributed by atoms with Crippen LogP contribution < -0.4 is 10.1 Å². The average Bonchev–Trinajstić information content (AvgIpc) is 2.38. The molecular weight excluding hydrogens is 275 g/mol. The monoisotopic (exact) mass is 282 g/mol. The number of amides is 1. The largest absolute Gasteiger partial charge is 0.481 e. The Balaban J connectivity index is 2.21. The van der Waals surface area contributed by atoms with Crippen molar-refractivity contribution in [2.45, 2.75) is 0 Å². The van der Waals surface area contributed by atoms with Gasteiger partial charge in [-0.05, 0) is 12.1 Å². The maximum Gasteiger partial charge on any atom is 0.276 e. The van der Waals surface area contributed by atoms with Gasteiger partial charge in [-0.15, -0.1) is 0 Å². The van der Waals surface area contributed by atoms with Crippen LogP contribution in [0.2, 0.25) is 5.15 Å². The summed E-state index contributed by atoms with van der Waals surface area (Å²) in [5.74, 6) is -1.26. The van der Waals surface area contributed by atoms with Gasteiger partial charge >= 0.3 is 0 Å². The highest BCUT2D eigenvalue weighted by Crippen LogP contribution is 2.16. The van der Waals surface area contributed by atoms with Crippen molar-refractivity contribution < 1.29 is 13.9 Å². The van der Waals surface area contributed by atoms with Crippen LogP contribution in [0.15, 0.2) is 24.3 Å². The Labute approximate surface area is 112 Å². The van der Waals surface area contributed by atoms with Crippen LogP contribution >= 0.6 is 11.6 Å². The molecule has 2 aromatic rings. The third-order valence-corrected chi connectivity index (χ3v) is 2.25. The third kappa shape index (κ3) is 3.35. The second-order valence-electron chi connectivity index (χ2n) is 3.36. The Bertz CT molecular complexity index is 623. The number of hydrogen-bond acceptors (Lipinski definition) is 5. The van der Waals surface area contributed by atoms with Gasteiger partial charge in [0.05, 0.1) is 7.11 Å². The van der Waals surface area contributed by atoms with E-state index in [1.165, 1.54) is 25.3 Å².